The molecule has 0 fully saturated rings. The summed E-state index contributed by atoms with van der Waals surface area (Å²) >= 11 is 3.38. The van der Waals surface area contributed by atoms with Crippen molar-refractivity contribution in [3.05, 3.63) is 168 Å². The number of phenolic OH excluding ortho intramolecular Hbond substituents is 2. The van der Waals surface area contributed by atoms with Gasteiger partial charge in [-0.1, -0.05) is 117 Å². The van der Waals surface area contributed by atoms with Crippen LogP contribution in [0.2, 0.25) is 0 Å². The number of aromatic hydroxyl groups is 2. The number of carbonyl (C=O) groups excluding carboxylic acids is 1. The Hall–Kier alpha value is -5.28. The molecule has 6 aromatic carbocycles. The second kappa shape index (κ2) is 33.3. The van der Waals surface area contributed by atoms with E-state index in [1.165, 1.54) is 74.5 Å². The minimum atomic E-state index is -0.986. The number of nitrogens with zero attached hydrogens (tertiary/aromatic N) is 2. The molecule has 0 bridgehead atoms. The Morgan fingerprint density at radius 2 is 0.906 bits per heavy atom. The summed E-state index contributed by atoms with van der Waals surface area (Å²) in [6.07, 6.45) is 10.1. The number of carbonyl (C=O) groups is 2. The Bertz CT molecular complexity index is 2290. The smallest absolute Gasteiger partial charge is 0.870 e. The fourth-order valence-corrected chi connectivity index (χ4v) is 5.94. The maximum Gasteiger partial charge on any atom is 1.00 e. The maximum atomic E-state index is 12.4. The van der Waals surface area contributed by atoms with E-state index in [1.807, 2.05) is 48.5 Å². The molecule has 12 heteroatoms. The molecule has 0 spiro atoms. The van der Waals surface area contributed by atoms with Crippen molar-refractivity contribution >= 4 is 27.9 Å². The molecule has 4 N–H and O–H groups in total. The zero-order valence-corrected chi connectivity index (χ0v) is 41.3. The third-order valence-electron chi connectivity index (χ3n) is 9.08. The summed E-state index contributed by atoms with van der Waals surface area (Å²) in [7, 11) is 0. The summed E-state index contributed by atoms with van der Waals surface area (Å²) in [5.41, 5.74) is 5.97. The number of rotatable bonds is 15. The Morgan fingerprint density at radius 1 is 0.531 bits per heavy atom. The van der Waals surface area contributed by atoms with Crippen LogP contribution in [0.4, 0.5) is 0 Å². The normalized spacial score (nSPS) is 9.52. The van der Waals surface area contributed by atoms with Gasteiger partial charge in [0.05, 0.1) is 41.0 Å². The second-order valence-corrected chi connectivity index (χ2v) is 14.7. The minimum absolute atomic E-state index is 0. The molecule has 10 nitrogen and oxygen atoms in total. The van der Waals surface area contributed by atoms with E-state index in [4.69, 9.17) is 35.3 Å². The van der Waals surface area contributed by atoms with Crippen molar-refractivity contribution in [3.8, 4) is 57.4 Å². The van der Waals surface area contributed by atoms with Gasteiger partial charge in [-0.25, -0.2) is 9.59 Å². The fourth-order valence-electron chi connectivity index (χ4n) is 5.54. The summed E-state index contributed by atoms with van der Waals surface area (Å²) in [4.78, 5) is 22.6. The SMILES string of the molecule is CCCCCCBr.CCCCCCOc1ccc(C(=O)Oc2ccc(-c3ccc(C#N)cc3)cc2)cc1.N#Cc1ccc(-c2ccc(O)cc2)cc1.O=C(O)c1ccc(O)cc1.[K+].[OH-]. The topological polar surface area (TPSA) is 191 Å². The standard InChI is InChI=1S/C26H25NO3.C13H9NO.C7H6O3.C6H13Br.K.H2O/c1-2-3-4-5-18-29-24-14-12-23(13-15-24)26(28)30-25-16-10-22(11-17-25)21-8-6-20(19-27)7-9-21;14-9-10-1-3-11(4-2-10)12-5-7-13(15)8-6-12;8-6-3-1-5(2-4-6)7(9)10;1-2-3-4-5-6-7;;/h6-17H,2-5,18H2,1H3;1-8,15H;1-4,8H,(H,9,10);2-6H2,1H3;;1H2/q;;;;+1;/p-1. The Kier molecular flexibility index (Phi) is 29.5. The molecule has 0 aliphatic rings. The van der Waals surface area contributed by atoms with Crippen molar-refractivity contribution in [1.29, 1.82) is 10.5 Å². The number of phenols is 2. The third kappa shape index (κ3) is 21.9. The first-order chi connectivity index (χ1) is 30.1. The molecule has 0 saturated carbocycles. The zero-order chi connectivity index (χ0) is 45.0. The number of carboxylic acid groups (broad SMARTS) is 1. The third-order valence-corrected chi connectivity index (χ3v) is 9.65. The number of unbranched alkanes of at least 4 members (excludes halogenated alkanes) is 6. The first kappa shape index (κ1) is 56.7. The first-order valence-electron chi connectivity index (χ1n) is 20.5. The van der Waals surface area contributed by atoms with E-state index in [9.17, 15) is 9.59 Å². The van der Waals surface area contributed by atoms with Gasteiger partial charge < -0.3 is 30.3 Å². The molecular weight excluding hydrogens is 900 g/mol. The summed E-state index contributed by atoms with van der Waals surface area (Å²) in [6.45, 7) is 5.10. The number of alkyl halides is 1. The van der Waals surface area contributed by atoms with Crippen LogP contribution in [0, 0.1) is 22.7 Å². The van der Waals surface area contributed by atoms with Crippen LogP contribution in [-0.2, 0) is 0 Å². The number of esters is 1. The van der Waals surface area contributed by atoms with Crippen molar-refractivity contribution < 1.29 is 91.2 Å². The van der Waals surface area contributed by atoms with Crippen LogP contribution >= 0.6 is 15.9 Å². The molecule has 64 heavy (non-hydrogen) atoms. The molecule has 0 heterocycles. The number of carboxylic acids is 1. The van der Waals surface area contributed by atoms with Crippen LogP contribution in [-0.4, -0.2) is 44.7 Å². The summed E-state index contributed by atoms with van der Waals surface area (Å²) in [6, 6.07) is 45.6. The van der Waals surface area contributed by atoms with Crippen LogP contribution in [0.5, 0.6) is 23.0 Å². The van der Waals surface area contributed by atoms with Crippen molar-refractivity contribution in [3.63, 3.8) is 0 Å². The Morgan fingerprint density at radius 3 is 1.31 bits per heavy atom. The first-order valence-corrected chi connectivity index (χ1v) is 21.7. The quantitative estimate of drug-likeness (QED) is 0.0294. The summed E-state index contributed by atoms with van der Waals surface area (Å²) < 4.78 is 11.2. The van der Waals surface area contributed by atoms with Crippen LogP contribution in [0.1, 0.15) is 97.1 Å². The molecule has 6 rings (SSSR count). The van der Waals surface area contributed by atoms with Gasteiger partial charge in [0.25, 0.3) is 0 Å². The van der Waals surface area contributed by atoms with Gasteiger partial charge in [0.1, 0.15) is 23.0 Å². The zero-order valence-electron chi connectivity index (χ0n) is 36.6. The van der Waals surface area contributed by atoms with Crippen LogP contribution in [0.3, 0.4) is 0 Å². The molecular formula is C52H54BrKN2O8. The predicted molar refractivity (Wildman–Crippen MR) is 251 cm³/mol. The van der Waals surface area contributed by atoms with Gasteiger partial charge in [-0.2, -0.15) is 10.5 Å². The van der Waals surface area contributed by atoms with Gasteiger partial charge >= 0.3 is 63.3 Å². The van der Waals surface area contributed by atoms with E-state index >= 15 is 0 Å². The van der Waals surface area contributed by atoms with Gasteiger partial charge in [-0.15, -0.1) is 0 Å². The van der Waals surface area contributed by atoms with E-state index < -0.39 is 11.9 Å². The summed E-state index contributed by atoms with van der Waals surface area (Å²) in [5.74, 6) is 0.177. The molecule has 0 saturated heterocycles. The predicted octanol–water partition coefficient (Wildman–Crippen LogP) is 10.2. The van der Waals surface area contributed by atoms with Gasteiger partial charge in [0.2, 0.25) is 0 Å². The number of benzene rings is 6. The molecule has 0 amide bonds. The molecule has 0 aromatic heterocycles. The number of hydrogen-bond donors (Lipinski definition) is 3. The monoisotopic (exact) mass is 952 g/mol. The van der Waals surface area contributed by atoms with Crippen LogP contribution in [0.25, 0.3) is 22.3 Å². The van der Waals surface area contributed by atoms with Crippen LogP contribution < -0.4 is 60.9 Å². The average Bonchev–Trinajstić information content (AvgIpc) is 3.31. The number of nitriles is 2. The maximum absolute atomic E-state index is 12.4. The molecule has 0 unspecified atom stereocenters. The molecule has 6 aromatic rings. The number of aromatic carboxylic acids is 1. The van der Waals surface area contributed by atoms with Crippen molar-refractivity contribution in [1.82, 2.24) is 0 Å². The number of halogens is 1. The van der Waals surface area contributed by atoms with E-state index in [-0.39, 0.29) is 73.9 Å². The Labute approximate surface area is 428 Å². The Balaban J connectivity index is 0.000000499. The van der Waals surface area contributed by atoms with E-state index in [1.54, 1.807) is 72.8 Å². The molecule has 328 valence electrons. The largest absolute Gasteiger partial charge is 1.00 e. The minimum Gasteiger partial charge on any atom is -0.870 e. The summed E-state index contributed by atoms with van der Waals surface area (Å²) in [5, 5.41) is 45.0. The van der Waals surface area contributed by atoms with Gasteiger partial charge in [0.15, 0.2) is 0 Å². The molecule has 0 radical (unpaired) electrons. The van der Waals surface area contributed by atoms with Gasteiger partial charge in [-0.3, -0.25) is 0 Å². The molecule has 0 aliphatic heterocycles. The van der Waals surface area contributed by atoms with E-state index in [2.05, 4.69) is 41.9 Å². The fraction of sp³-hybridized carbons (Fsp3) is 0.231. The van der Waals surface area contributed by atoms with Gasteiger partial charge in [-0.05, 0) is 132 Å². The average molecular weight is 954 g/mol. The van der Waals surface area contributed by atoms with Crippen LogP contribution in [0.15, 0.2) is 146 Å². The van der Waals surface area contributed by atoms with E-state index in [0.29, 0.717) is 29.0 Å². The molecule has 0 aliphatic carbocycles. The van der Waals surface area contributed by atoms with Crippen molar-refractivity contribution in [2.24, 2.45) is 0 Å². The van der Waals surface area contributed by atoms with Gasteiger partial charge in [0, 0.05) is 5.33 Å². The van der Waals surface area contributed by atoms with E-state index in [0.717, 1.165) is 34.4 Å². The van der Waals surface area contributed by atoms with Crippen molar-refractivity contribution in [2.45, 2.75) is 65.2 Å². The second-order valence-electron chi connectivity index (χ2n) is 13.9. The molecule has 0 atom stereocenters. The number of hydrogen-bond acceptors (Lipinski definition) is 9. The van der Waals surface area contributed by atoms with Crippen molar-refractivity contribution in [2.75, 3.05) is 11.9 Å². The number of ether oxygens (including phenoxy) is 2.